The first-order chi connectivity index (χ1) is 6.16. The minimum atomic E-state index is -0.228. The van der Waals surface area contributed by atoms with Crippen molar-refractivity contribution in [2.75, 3.05) is 0 Å². The average Bonchev–Trinajstić information content (AvgIpc) is 2.02. The van der Waals surface area contributed by atoms with Crippen molar-refractivity contribution in [1.29, 1.82) is 0 Å². The predicted octanol–water partition coefficient (Wildman–Crippen LogP) is 0.887. The SMILES string of the molecule is Cc1nc(C)c2ccc(=O)nc-2[nH]1. The van der Waals surface area contributed by atoms with E-state index in [1.165, 1.54) is 6.07 Å². The minimum Gasteiger partial charge on any atom is -0.328 e. The molecular formula is C9H9N3O. The summed E-state index contributed by atoms with van der Waals surface area (Å²) in [6.45, 7) is 3.74. The van der Waals surface area contributed by atoms with Gasteiger partial charge in [-0.05, 0) is 19.9 Å². The van der Waals surface area contributed by atoms with Gasteiger partial charge in [-0.15, -0.1) is 0 Å². The number of pyridine rings is 1. The lowest BCUT2D eigenvalue weighted by atomic mass is 10.2. The van der Waals surface area contributed by atoms with Gasteiger partial charge >= 0.3 is 0 Å². The molecule has 0 saturated carbocycles. The Morgan fingerprint density at radius 3 is 2.77 bits per heavy atom. The van der Waals surface area contributed by atoms with Crippen molar-refractivity contribution in [3.05, 3.63) is 34.0 Å². The van der Waals surface area contributed by atoms with Gasteiger partial charge in [-0.3, -0.25) is 4.79 Å². The van der Waals surface area contributed by atoms with Crippen LogP contribution in [0.1, 0.15) is 11.5 Å². The van der Waals surface area contributed by atoms with Gasteiger partial charge in [-0.2, -0.15) is 4.98 Å². The number of nitrogens with zero attached hydrogens (tertiary/aromatic N) is 2. The summed E-state index contributed by atoms with van der Waals surface area (Å²) in [5.74, 6) is 1.38. The van der Waals surface area contributed by atoms with E-state index in [0.717, 1.165) is 17.1 Å². The zero-order valence-electron chi connectivity index (χ0n) is 7.46. The number of nitrogens with one attached hydrogen (secondary N) is 1. The first-order valence-corrected chi connectivity index (χ1v) is 4.01. The quantitative estimate of drug-likeness (QED) is 0.646. The number of fused-ring (bicyclic) bond motifs is 1. The Morgan fingerprint density at radius 1 is 1.23 bits per heavy atom. The molecule has 0 saturated heterocycles. The molecule has 2 aliphatic heterocycles. The molecule has 2 aliphatic rings. The third kappa shape index (κ3) is 1.30. The van der Waals surface area contributed by atoms with Crippen LogP contribution in [0.25, 0.3) is 11.4 Å². The van der Waals surface area contributed by atoms with Gasteiger partial charge in [-0.1, -0.05) is 0 Å². The summed E-state index contributed by atoms with van der Waals surface area (Å²) in [5.41, 5.74) is 1.55. The van der Waals surface area contributed by atoms with Crippen LogP contribution in [0.3, 0.4) is 0 Å². The molecule has 0 aromatic heterocycles. The highest BCUT2D eigenvalue weighted by atomic mass is 16.1. The van der Waals surface area contributed by atoms with Crippen LogP contribution < -0.4 is 5.56 Å². The van der Waals surface area contributed by atoms with Gasteiger partial charge in [0.05, 0.1) is 5.69 Å². The van der Waals surface area contributed by atoms with Crippen molar-refractivity contribution in [2.45, 2.75) is 13.8 Å². The van der Waals surface area contributed by atoms with Gasteiger partial charge in [0.15, 0.2) is 0 Å². The van der Waals surface area contributed by atoms with E-state index in [4.69, 9.17) is 0 Å². The summed E-state index contributed by atoms with van der Waals surface area (Å²) in [4.78, 5) is 22.0. The van der Waals surface area contributed by atoms with Crippen LogP contribution in [-0.2, 0) is 0 Å². The van der Waals surface area contributed by atoms with Crippen LogP contribution in [0, 0.1) is 13.8 Å². The van der Waals surface area contributed by atoms with E-state index in [-0.39, 0.29) is 5.56 Å². The fourth-order valence-corrected chi connectivity index (χ4v) is 1.34. The molecule has 0 aromatic carbocycles. The number of H-pyrrole nitrogens is 1. The van der Waals surface area contributed by atoms with Gasteiger partial charge in [0, 0.05) is 11.6 Å². The molecule has 0 aliphatic carbocycles. The molecule has 2 heterocycles. The van der Waals surface area contributed by atoms with E-state index in [1.54, 1.807) is 6.07 Å². The largest absolute Gasteiger partial charge is 0.328 e. The van der Waals surface area contributed by atoms with Gasteiger partial charge < -0.3 is 4.98 Å². The summed E-state index contributed by atoms with van der Waals surface area (Å²) in [6.07, 6.45) is 0. The Morgan fingerprint density at radius 2 is 2.00 bits per heavy atom. The van der Waals surface area contributed by atoms with Crippen molar-refractivity contribution in [3.63, 3.8) is 0 Å². The molecular weight excluding hydrogens is 166 g/mol. The summed E-state index contributed by atoms with van der Waals surface area (Å²) in [5, 5.41) is 0. The van der Waals surface area contributed by atoms with E-state index in [2.05, 4.69) is 15.0 Å². The lowest BCUT2D eigenvalue weighted by molar-refractivity contribution is 0.978. The molecule has 0 fully saturated rings. The average molecular weight is 175 g/mol. The Labute approximate surface area is 75.0 Å². The third-order valence-corrected chi connectivity index (χ3v) is 1.89. The van der Waals surface area contributed by atoms with Crippen LogP contribution in [0.4, 0.5) is 0 Å². The molecule has 66 valence electrons. The molecule has 2 rings (SSSR count). The summed E-state index contributed by atoms with van der Waals surface area (Å²) >= 11 is 0. The third-order valence-electron chi connectivity index (χ3n) is 1.89. The van der Waals surface area contributed by atoms with Crippen molar-refractivity contribution in [1.82, 2.24) is 15.0 Å². The second kappa shape index (κ2) is 2.65. The van der Waals surface area contributed by atoms with Gasteiger partial charge in [0.1, 0.15) is 11.6 Å². The van der Waals surface area contributed by atoms with Crippen LogP contribution in [-0.4, -0.2) is 15.0 Å². The minimum absolute atomic E-state index is 0.228. The number of aromatic nitrogens is 3. The smallest absolute Gasteiger partial charge is 0.271 e. The predicted molar refractivity (Wildman–Crippen MR) is 48.7 cm³/mol. The molecule has 0 amide bonds. The molecule has 0 radical (unpaired) electrons. The van der Waals surface area contributed by atoms with Crippen LogP contribution in [0.5, 0.6) is 0 Å². The normalized spacial score (nSPS) is 10.6. The second-order valence-corrected chi connectivity index (χ2v) is 2.95. The fourth-order valence-electron chi connectivity index (χ4n) is 1.34. The second-order valence-electron chi connectivity index (χ2n) is 2.95. The zero-order chi connectivity index (χ0) is 9.42. The maximum absolute atomic E-state index is 11.0. The number of hydrogen-bond acceptors (Lipinski definition) is 3. The standard InChI is InChI=1S/C9H9N3O/c1-5-7-3-4-8(13)12-9(7)11-6(2)10-5/h3-4H,1-2H3,(H,10,11,12,13). The monoisotopic (exact) mass is 175 g/mol. The summed E-state index contributed by atoms with van der Waals surface area (Å²) in [6, 6.07) is 3.18. The highest BCUT2D eigenvalue weighted by Gasteiger charge is 2.08. The summed E-state index contributed by atoms with van der Waals surface area (Å²) in [7, 11) is 0. The Balaban J connectivity index is 2.86. The van der Waals surface area contributed by atoms with E-state index in [0.29, 0.717) is 5.82 Å². The molecule has 4 heteroatoms. The van der Waals surface area contributed by atoms with Crippen LogP contribution >= 0.6 is 0 Å². The van der Waals surface area contributed by atoms with Crippen molar-refractivity contribution >= 4 is 0 Å². The molecule has 0 spiro atoms. The van der Waals surface area contributed by atoms with Gasteiger partial charge in [0.2, 0.25) is 0 Å². The molecule has 0 bridgehead atoms. The fraction of sp³-hybridized carbons (Fsp3) is 0.222. The number of aromatic amines is 1. The topological polar surface area (TPSA) is 58.6 Å². The Kier molecular flexibility index (Phi) is 1.62. The Hall–Kier alpha value is -1.71. The number of rotatable bonds is 0. The van der Waals surface area contributed by atoms with Crippen LogP contribution in [0.2, 0.25) is 0 Å². The zero-order valence-corrected chi connectivity index (χ0v) is 7.46. The molecule has 0 aromatic rings. The Bertz CT molecular complexity index is 475. The van der Waals surface area contributed by atoms with Crippen LogP contribution in [0.15, 0.2) is 16.9 Å². The number of aryl methyl sites for hydroxylation is 2. The number of hydrogen-bond donors (Lipinski definition) is 1. The van der Waals surface area contributed by atoms with E-state index in [9.17, 15) is 4.79 Å². The highest BCUT2D eigenvalue weighted by molar-refractivity contribution is 5.58. The van der Waals surface area contributed by atoms with E-state index < -0.39 is 0 Å². The van der Waals surface area contributed by atoms with E-state index in [1.807, 2.05) is 13.8 Å². The highest BCUT2D eigenvalue weighted by Crippen LogP contribution is 2.17. The summed E-state index contributed by atoms with van der Waals surface area (Å²) < 4.78 is 0. The molecule has 4 nitrogen and oxygen atoms in total. The lowest BCUT2D eigenvalue weighted by Gasteiger charge is -2.07. The van der Waals surface area contributed by atoms with Crippen molar-refractivity contribution in [2.24, 2.45) is 0 Å². The molecule has 0 unspecified atom stereocenters. The van der Waals surface area contributed by atoms with E-state index >= 15 is 0 Å². The van der Waals surface area contributed by atoms with Crippen molar-refractivity contribution < 1.29 is 0 Å². The molecule has 13 heavy (non-hydrogen) atoms. The molecule has 1 N–H and O–H groups in total. The first kappa shape index (κ1) is 7.91. The maximum atomic E-state index is 11.0. The lowest BCUT2D eigenvalue weighted by Crippen LogP contribution is -2.09. The van der Waals surface area contributed by atoms with Crippen molar-refractivity contribution in [3.8, 4) is 11.4 Å². The first-order valence-electron chi connectivity index (χ1n) is 4.01. The molecule has 0 atom stereocenters. The van der Waals surface area contributed by atoms with Gasteiger partial charge in [0.25, 0.3) is 5.56 Å². The van der Waals surface area contributed by atoms with Gasteiger partial charge in [-0.25, -0.2) is 4.98 Å². The maximum Gasteiger partial charge on any atom is 0.271 e.